The van der Waals surface area contributed by atoms with E-state index >= 15 is 0 Å². The van der Waals surface area contributed by atoms with Crippen LogP contribution < -0.4 is 0 Å². The third-order valence-electron chi connectivity index (χ3n) is 3.12. The number of hydrogen-bond acceptors (Lipinski definition) is 3. The first-order valence-electron chi connectivity index (χ1n) is 6.36. The molecule has 3 nitrogen and oxygen atoms in total. The highest BCUT2D eigenvalue weighted by Gasteiger charge is 2.13. The Bertz CT molecular complexity index is 481. The molecule has 0 aliphatic carbocycles. The lowest BCUT2D eigenvalue weighted by Gasteiger charge is -2.23. The van der Waals surface area contributed by atoms with Crippen molar-refractivity contribution in [1.29, 1.82) is 0 Å². The van der Waals surface area contributed by atoms with Crippen LogP contribution in [-0.2, 0) is 6.54 Å². The average Bonchev–Trinajstić information content (AvgIpc) is 2.91. The van der Waals surface area contributed by atoms with E-state index in [9.17, 15) is 9.50 Å². The Labute approximate surface area is 112 Å². The van der Waals surface area contributed by atoms with E-state index in [0.29, 0.717) is 6.54 Å². The summed E-state index contributed by atoms with van der Waals surface area (Å²) in [6.45, 7) is 4.10. The van der Waals surface area contributed by atoms with Crippen LogP contribution >= 0.6 is 0 Å². The Morgan fingerprint density at radius 3 is 2.58 bits per heavy atom. The van der Waals surface area contributed by atoms with Gasteiger partial charge >= 0.3 is 0 Å². The molecule has 0 saturated heterocycles. The highest BCUT2D eigenvalue weighted by atomic mass is 19.1. The second kappa shape index (κ2) is 6.50. The Morgan fingerprint density at radius 1 is 1.26 bits per heavy atom. The van der Waals surface area contributed by atoms with Crippen LogP contribution in [0.25, 0.3) is 0 Å². The molecule has 0 aliphatic heterocycles. The van der Waals surface area contributed by atoms with Crippen LogP contribution in [0, 0.1) is 5.82 Å². The topological polar surface area (TPSA) is 36.6 Å². The first kappa shape index (κ1) is 13.8. The average molecular weight is 263 g/mol. The lowest BCUT2D eigenvalue weighted by atomic mass is 10.1. The van der Waals surface area contributed by atoms with Crippen LogP contribution in [-0.4, -0.2) is 23.1 Å². The maximum absolute atomic E-state index is 12.8. The van der Waals surface area contributed by atoms with Gasteiger partial charge < -0.3 is 9.52 Å². The third kappa shape index (κ3) is 3.91. The van der Waals surface area contributed by atoms with Crippen molar-refractivity contribution >= 4 is 0 Å². The standard InChI is InChI=1S/C15H18FNO2/c1-2-17(9-12-7-8-19-11-12)10-15(18)13-3-5-14(16)6-4-13/h3-8,11,15,18H,2,9-10H2,1H3. The van der Waals surface area contributed by atoms with Gasteiger partial charge in [0.25, 0.3) is 0 Å². The second-order valence-corrected chi connectivity index (χ2v) is 4.53. The van der Waals surface area contributed by atoms with Crippen molar-refractivity contribution in [2.24, 2.45) is 0 Å². The molecule has 1 aromatic heterocycles. The molecule has 1 N–H and O–H groups in total. The van der Waals surface area contributed by atoms with Gasteiger partial charge in [0.1, 0.15) is 5.82 Å². The predicted molar refractivity (Wildman–Crippen MR) is 71.0 cm³/mol. The molecule has 1 aromatic carbocycles. The second-order valence-electron chi connectivity index (χ2n) is 4.53. The zero-order chi connectivity index (χ0) is 13.7. The van der Waals surface area contributed by atoms with Gasteiger partial charge in [0.2, 0.25) is 0 Å². The summed E-state index contributed by atoms with van der Waals surface area (Å²) in [6.07, 6.45) is 2.72. The number of hydrogen-bond donors (Lipinski definition) is 1. The number of benzene rings is 1. The van der Waals surface area contributed by atoms with Crippen LogP contribution in [0.4, 0.5) is 4.39 Å². The maximum atomic E-state index is 12.8. The van der Waals surface area contributed by atoms with Gasteiger partial charge in [-0.15, -0.1) is 0 Å². The molecule has 4 heteroatoms. The Morgan fingerprint density at radius 2 is 2.00 bits per heavy atom. The van der Waals surface area contributed by atoms with Crippen molar-refractivity contribution in [2.75, 3.05) is 13.1 Å². The molecule has 0 amide bonds. The number of likely N-dealkylation sites (N-methyl/N-ethyl adjacent to an activating group) is 1. The van der Waals surface area contributed by atoms with Gasteiger partial charge in [-0.2, -0.15) is 0 Å². The smallest absolute Gasteiger partial charge is 0.123 e. The van der Waals surface area contributed by atoms with E-state index < -0.39 is 6.10 Å². The molecule has 1 atom stereocenters. The zero-order valence-corrected chi connectivity index (χ0v) is 10.9. The number of halogens is 1. The van der Waals surface area contributed by atoms with Crippen molar-refractivity contribution in [3.8, 4) is 0 Å². The van der Waals surface area contributed by atoms with Gasteiger partial charge in [-0.05, 0) is 30.3 Å². The molecule has 2 aromatic rings. The van der Waals surface area contributed by atoms with Gasteiger partial charge in [-0.25, -0.2) is 4.39 Å². The molecule has 1 unspecified atom stereocenters. The molecule has 0 aliphatic rings. The molecule has 1 heterocycles. The first-order valence-corrected chi connectivity index (χ1v) is 6.36. The summed E-state index contributed by atoms with van der Waals surface area (Å²) in [5, 5.41) is 10.2. The van der Waals surface area contributed by atoms with E-state index in [2.05, 4.69) is 4.90 Å². The molecule has 0 spiro atoms. The third-order valence-corrected chi connectivity index (χ3v) is 3.12. The molecule has 2 rings (SSSR count). The summed E-state index contributed by atoms with van der Waals surface area (Å²) in [5.41, 5.74) is 1.81. The molecule has 19 heavy (non-hydrogen) atoms. The summed E-state index contributed by atoms with van der Waals surface area (Å²) < 4.78 is 17.9. The van der Waals surface area contributed by atoms with Crippen molar-refractivity contribution in [2.45, 2.75) is 19.6 Å². The lowest BCUT2D eigenvalue weighted by molar-refractivity contribution is 0.112. The summed E-state index contributed by atoms with van der Waals surface area (Å²) in [7, 11) is 0. The molecule has 0 bridgehead atoms. The molecular formula is C15H18FNO2. The minimum absolute atomic E-state index is 0.290. The van der Waals surface area contributed by atoms with Gasteiger partial charge in [-0.3, -0.25) is 4.90 Å². The zero-order valence-electron chi connectivity index (χ0n) is 10.9. The van der Waals surface area contributed by atoms with E-state index in [1.165, 1.54) is 12.1 Å². The SMILES string of the molecule is CCN(Cc1ccoc1)CC(O)c1ccc(F)cc1. The molecule has 0 radical (unpaired) electrons. The van der Waals surface area contributed by atoms with E-state index in [0.717, 1.165) is 24.2 Å². The van der Waals surface area contributed by atoms with Crippen LogP contribution in [0.3, 0.4) is 0 Å². The van der Waals surface area contributed by atoms with E-state index in [1.807, 2.05) is 13.0 Å². The van der Waals surface area contributed by atoms with E-state index in [4.69, 9.17) is 4.42 Å². The number of aliphatic hydroxyl groups excluding tert-OH is 1. The quantitative estimate of drug-likeness (QED) is 0.870. The number of nitrogens with zero attached hydrogens (tertiary/aromatic N) is 1. The lowest BCUT2D eigenvalue weighted by Crippen LogP contribution is -2.28. The van der Waals surface area contributed by atoms with Crippen molar-refractivity contribution < 1.29 is 13.9 Å². The van der Waals surface area contributed by atoms with Crippen LogP contribution in [0.5, 0.6) is 0 Å². The highest BCUT2D eigenvalue weighted by Crippen LogP contribution is 2.16. The molecule has 102 valence electrons. The Balaban J connectivity index is 1.95. The van der Waals surface area contributed by atoms with Gasteiger partial charge in [0.15, 0.2) is 0 Å². The number of aliphatic hydroxyl groups is 1. The van der Waals surface area contributed by atoms with Gasteiger partial charge in [0, 0.05) is 18.7 Å². The fourth-order valence-electron chi connectivity index (χ4n) is 1.98. The fraction of sp³-hybridized carbons (Fsp3) is 0.333. The van der Waals surface area contributed by atoms with Crippen LogP contribution in [0.15, 0.2) is 47.3 Å². The molecule has 0 saturated carbocycles. The molecule has 0 fully saturated rings. The summed E-state index contributed by atoms with van der Waals surface area (Å²) in [6, 6.07) is 7.88. The minimum Gasteiger partial charge on any atom is -0.472 e. The van der Waals surface area contributed by atoms with E-state index in [1.54, 1.807) is 24.7 Å². The fourth-order valence-corrected chi connectivity index (χ4v) is 1.98. The van der Waals surface area contributed by atoms with Crippen molar-refractivity contribution in [3.05, 3.63) is 59.8 Å². The Kier molecular flexibility index (Phi) is 4.71. The highest BCUT2D eigenvalue weighted by molar-refractivity contribution is 5.18. The monoisotopic (exact) mass is 263 g/mol. The minimum atomic E-state index is -0.618. The first-order chi connectivity index (χ1) is 9.19. The summed E-state index contributed by atoms with van der Waals surface area (Å²) >= 11 is 0. The van der Waals surface area contributed by atoms with Gasteiger partial charge in [0.05, 0.1) is 18.6 Å². The van der Waals surface area contributed by atoms with Crippen LogP contribution in [0.1, 0.15) is 24.2 Å². The summed E-state index contributed by atoms with van der Waals surface area (Å²) in [5.74, 6) is -0.290. The largest absolute Gasteiger partial charge is 0.472 e. The normalized spacial score (nSPS) is 12.8. The molecular weight excluding hydrogens is 245 g/mol. The van der Waals surface area contributed by atoms with Gasteiger partial charge in [-0.1, -0.05) is 19.1 Å². The maximum Gasteiger partial charge on any atom is 0.123 e. The van der Waals surface area contributed by atoms with Crippen molar-refractivity contribution in [3.63, 3.8) is 0 Å². The van der Waals surface area contributed by atoms with Crippen LogP contribution in [0.2, 0.25) is 0 Å². The summed E-state index contributed by atoms with van der Waals surface area (Å²) in [4.78, 5) is 2.11. The Hall–Kier alpha value is -1.65. The number of furan rings is 1. The predicted octanol–water partition coefficient (Wildman–Crippen LogP) is 2.97. The van der Waals surface area contributed by atoms with E-state index in [-0.39, 0.29) is 5.82 Å². The van der Waals surface area contributed by atoms with Crippen molar-refractivity contribution in [1.82, 2.24) is 4.90 Å². The number of rotatable bonds is 6.